The third-order valence-electron chi connectivity index (χ3n) is 4.50. The maximum Gasteiger partial charge on any atom is 0.238 e. The Morgan fingerprint density at radius 1 is 1.23 bits per heavy atom. The number of halogens is 1. The van der Waals surface area contributed by atoms with Gasteiger partial charge in [0.15, 0.2) is 0 Å². The molecule has 7 heteroatoms. The highest BCUT2D eigenvalue weighted by atomic mass is 35.5. The predicted molar refractivity (Wildman–Crippen MR) is 99.2 cm³/mol. The van der Waals surface area contributed by atoms with Crippen molar-refractivity contribution in [2.75, 3.05) is 6.54 Å². The monoisotopic (exact) mass is 369 g/mol. The molecule has 0 spiro atoms. The molecule has 0 unspecified atom stereocenters. The average Bonchev–Trinajstić information content (AvgIpc) is 3.26. The van der Waals surface area contributed by atoms with Crippen molar-refractivity contribution in [1.29, 1.82) is 0 Å². The minimum atomic E-state index is 0.235. The van der Waals surface area contributed by atoms with E-state index in [9.17, 15) is 0 Å². The zero-order chi connectivity index (χ0) is 17.9. The first kappa shape index (κ1) is 17.0. The molecule has 0 N–H and O–H groups in total. The van der Waals surface area contributed by atoms with E-state index in [0.29, 0.717) is 16.7 Å². The highest BCUT2D eigenvalue weighted by Crippen LogP contribution is 2.32. The van der Waals surface area contributed by atoms with Crippen LogP contribution in [0.2, 0.25) is 5.02 Å². The van der Waals surface area contributed by atoms with Gasteiger partial charge in [0, 0.05) is 24.8 Å². The molecule has 0 saturated carbocycles. The maximum atomic E-state index is 5.91. The van der Waals surface area contributed by atoms with Crippen molar-refractivity contribution in [2.45, 2.75) is 25.4 Å². The lowest BCUT2D eigenvalue weighted by Gasteiger charge is -2.23. The fraction of sp³-hybridized carbons (Fsp3) is 0.316. The van der Waals surface area contributed by atoms with Crippen molar-refractivity contribution in [3.63, 3.8) is 0 Å². The zero-order valence-corrected chi connectivity index (χ0v) is 15.3. The summed E-state index contributed by atoms with van der Waals surface area (Å²) < 4.78 is 7.80. The third kappa shape index (κ3) is 3.86. The Hall–Kier alpha value is -2.44. The Morgan fingerprint density at radius 2 is 2.08 bits per heavy atom. The van der Waals surface area contributed by atoms with Gasteiger partial charge in [-0.15, -0.1) is 0 Å². The Labute approximate surface area is 157 Å². The fourth-order valence-electron chi connectivity index (χ4n) is 3.30. The second kappa shape index (κ2) is 7.43. The van der Waals surface area contributed by atoms with E-state index >= 15 is 0 Å². The second-order valence-electron chi connectivity index (χ2n) is 6.50. The van der Waals surface area contributed by atoms with E-state index in [2.05, 4.69) is 26.0 Å². The minimum Gasteiger partial charge on any atom is -0.437 e. The van der Waals surface area contributed by atoms with Crippen LogP contribution >= 0.6 is 11.6 Å². The first-order chi connectivity index (χ1) is 12.7. The highest BCUT2D eigenvalue weighted by molar-refractivity contribution is 6.30. The zero-order valence-electron chi connectivity index (χ0n) is 14.5. The average molecular weight is 370 g/mol. The molecule has 1 aliphatic heterocycles. The first-order valence-electron chi connectivity index (χ1n) is 8.63. The number of imidazole rings is 1. The Morgan fingerprint density at radius 3 is 2.85 bits per heavy atom. The number of aryl methyl sites for hydroxylation is 1. The van der Waals surface area contributed by atoms with Crippen molar-refractivity contribution < 1.29 is 4.74 Å². The van der Waals surface area contributed by atoms with Gasteiger partial charge in [-0.1, -0.05) is 11.6 Å². The Bertz CT molecular complexity index is 880. The summed E-state index contributed by atoms with van der Waals surface area (Å²) in [4.78, 5) is 15.9. The highest BCUT2D eigenvalue weighted by Gasteiger charge is 2.28. The summed E-state index contributed by atoms with van der Waals surface area (Å²) >= 11 is 5.91. The van der Waals surface area contributed by atoms with E-state index in [1.807, 2.05) is 36.3 Å². The summed E-state index contributed by atoms with van der Waals surface area (Å²) in [7, 11) is 1.99. The summed E-state index contributed by atoms with van der Waals surface area (Å²) in [5.74, 6) is 1.19. The van der Waals surface area contributed by atoms with Crippen LogP contribution in [0.25, 0.3) is 0 Å². The summed E-state index contributed by atoms with van der Waals surface area (Å²) in [5.41, 5.74) is 2.01. The van der Waals surface area contributed by atoms with Gasteiger partial charge in [-0.2, -0.15) is 0 Å². The van der Waals surface area contributed by atoms with Gasteiger partial charge in [0.2, 0.25) is 5.88 Å². The molecule has 0 amide bonds. The predicted octanol–water partition coefficient (Wildman–Crippen LogP) is 3.99. The summed E-state index contributed by atoms with van der Waals surface area (Å²) in [6, 6.07) is 7.46. The van der Waals surface area contributed by atoms with Crippen molar-refractivity contribution in [3.8, 4) is 11.6 Å². The normalized spacial score (nSPS) is 17.5. The molecule has 4 rings (SSSR count). The topological polar surface area (TPSA) is 56.1 Å². The lowest BCUT2D eigenvalue weighted by atomic mass is 10.1. The molecular weight excluding hydrogens is 350 g/mol. The van der Waals surface area contributed by atoms with Crippen LogP contribution in [0.1, 0.15) is 30.3 Å². The quantitative estimate of drug-likeness (QED) is 0.680. The van der Waals surface area contributed by atoms with Crippen LogP contribution in [0.15, 0.2) is 49.2 Å². The number of likely N-dealkylation sites (tertiary alicyclic amines) is 1. The number of benzene rings is 1. The van der Waals surface area contributed by atoms with Gasteiger partial charge < -0.3 is 9.30 Å². The van der Waals surface area contributed by atoms with Crippen molar-refractivity contribution in [3.05, 3.63) is 65.6 Å². The van der Waals surface area contributed by atoms with E-state index in [1.54, 1.807) is 18.3 Å². The molecule has 3 aromatic rings. The maximum absolute atomic E-state index is 5.91. The Kier molecular flexibility index (Phi) is 4.86. The molecule has 26 heavy (non-hydrogen) atoms. The molecule has 0 radical (unpaired) electrons. The molecule has 134 valence electrons. The first-order valence-corrected chi connectivity index (χ1v) is 9.01. The molecular formula is C19H20ClN5O. The van der Waals surface area contributed by atoms with Crippen molar-refractivity contribution in [2.24, 2.45) is 7.05 Å². The lowest BCUT2D eigenvalue weighted by Crippen LogP contribution is -2.23. The van der Waals surface area contributed by atoms with Gasteiger partial charge in [0.1, 0.15) is 5.75 Å². The molecule has 1 aliphatic rings. The molecule has 0 bridgehead atoms. The number of hydrogen-bond donors (Lipinski definition) is 0. The third-order valence-corrected chi connectivity index (χ3v) is 4.75. The largest absolute Gasteiger partial charge is 0.437 e. The van der Waals surface area contributed by atoms with Gasteiger partial charge in [-0.05, 0) is 43.7 Å². The number of ether oxygens (including phenoxy) is 1. The molecule has 0 aliphatic carbocycles. The van der Waals surface area contributed by atoms with E-state index in [4.69, 9.17) is 16.3 Å². The molecule has 6 nitrogen and oxygen atoms in total. The number of nitrogens with zero attached hydrogens (tertiary/aromatic N) is 5. The molecule has 1 saturated heterocycles. The van der Waals surface area contributed by atoms with Gasteiger partial charge in [-0.3, -0.25) is 9.88 Å². The SMILES string of the molecule is Cn1cnc(CN2CCC[C@H]2c2cncc(Oc3ccc(Cl)cc3)n2)c1. The van der Waals surface area contributed by atoms with Crippen LogP contribution in [0.4, 0.5) is 0 Å². The number of hydrogen-bond acceptors (Lipinski definition) is 5. The molecule has 1 fully saturated rings. The van der Waals surface area contributed by atoms with Gasteiger partial charge in [0.05, 0.1) is 36.2 Å². The molecule has 3 heterocycles. The standard InChI is InChI=1S/C19H20ClN5O/c1-24-11-15(22-13-24)12-25-8-2-3-18(25)17-9-21-10-19(23-17)26-16-6-4-14(20)5-7-16/h4-7,9-11,13,18H,2-3,8,12H2,1H3/t18-/m0/s1. The summed E-state index contributed by atoms with van der Waals surface area (Å²) in [5, 5.41) is 0.674. The fourth-order valence-corrected chi connectivity index (χ4v) is 3.43. The van der Waals surface area contributed by atoms with Crippen molar-refractivity contribution >= 4 is 11.6 Å². The second-order valence-corrected chi connectivity index (χ2v) is 6.93. The van der Waals surface area contributed by atoms with Crippen LogP contribution < -0.4 is 4.74 Å². The van der Waals surface area contributed by atoms with E-state index in [1.165, 1.54) is 0 Å². The lowest BCUT2D eigenvalue weighted by molar-refractivity contribution is 0.240. The molecule has 2 aromatic heterocycles. The number of aromatic nitrogens is 4. The van der Waals surface area contributed by atoms with E-state index in [0.717, 1.165) is 37.3 Å². The van der Waals surface area contributed by atoms with Crippen LogP contribution in [0.3, 0.4) is 0 Å². The Balaban J connectivity index is 1.50. The van der Waals surface area contributed by atoms with Crippen LogP contribution in [-0.2, 0) is 13.6 Å². The van der Waals surface area contributed by atoms with Gasteiger partial charge in [-0.25, -0.2) is 9.97 Å². The van der Waals surface area contributed by atoms with Crippen LogP contribution in [0.5, 0.6) is 11.6 Å². The van der Waals surface area contributed by atoms with Gasteiger partial charge in [0.25, 0.3) is 0 Å². The van der Waals surface area contributed by atoms with Crippen molar-refractivity contribution in [1.82, 2.24) is 24.4 Å². The minimum absolute atomic E-state index is 0.235. The molecule has 1 aromatic carbocycles. The molecule has 1 atom stereocenters. The smallest absolute Gasteiger partial charge is 0.238 e. The van der Waals surface area contributed by atoms with Crippen LogP contribution in [-0.4, -0.2) is 31.0 Å². The van der Waals surface area contributed by atoms with Gasteiger partial charge >= 0.3 is 0 Å². The van der Waals surface area contributed by atoms with E-state index in [-0.39, 0.29) is 6.04 Å². The summed E-state index contributed by atoms with van der Waals surface area (Å²) in [6.07, 6.45) is 9.56. The van der Waals surface area contributed by atoms with Crippen LogP contribution in [0, 0.1) is 0 Å². The van der Waals surface area contributed by atoms with E-state index < -0.39 is 0 Å². The summed E-state index contributed by atoms with van der Waals surface area (Å²) in [6.45, 7) is 1.85. The number of rotatable bonds is 5.